The Morgan fingerprint density at radius 1 is 1.23 bits per heavy atom. The molecule has 9 nitrogen and oxygen atoms in total. The number of nitrogen functional groups attached to an aromatic ring is 1. The van der Waals surface area contributed by atoms with Gasteiger partial charge in [-0.25, -0.2) is 9.97 Å². The van der Waals surface area contributed by atoms with Gasteiger partial charge in [0.2, 0.25) is 5.89 Å². The van der Waals surface area contributed by atoms with Crippen LogP contribution in [-0.2, 0) is 0 Å². The Kier molecular flexibility index (Phi) is 4.59. The fraction of sp³-hybridized carbons (Fsp3) is 0.333. The number of H-pyrrole nitrogens is 1. The lowest BCUT2D eigenvalue weighted by Crippen LogP contribution is -2.45. The zero-order valence-corrected chi connectivity index (χ0v) is 17.0. The molecule has 1 aliphatic rings. The third kappa shape index (κ3) is 3.37. The SMILES string of the molecule is CN(C)C1CCCN(c2ccnc(-c3c[nH]c4ccc(-c5nnc(N)o5)cc34)n2)C1. The van der Waals surface area contributed by atoms with Crippen LogP contribution < -0.4 is 10.6 Å². The molecule has 0 radical (unpaired) electrons. The molecule has 0 amide bonds. The minimum Gasteiger partial charge on any atom is -0.404 e. The summed E-state index contributed by atoms with van der Waals surface area (Å²) in [4.78, 5) is 17.4. The molecule has 1 fully saturated rings. The standard InChI is InChI=1S/C21H24N8O/c1-28(2)14-4-3-9-29(12-14)18-7-8-23-19(25-18)16-11-24-17-6-5-13(10-15(16)17)20-26-27-21(22)30-20/h5-8,10-11,14,24H,3-4,9,12H2,1-2H3,(H2,22,27). The largest absolute Gasteiger partial charge is 0.404 e. The molecule has 30 heavy (non-hydrogen) atoms. The summed E-state index contributed by atoms with van der Waals surface area (Å²) in [5.41, 5.74) is 8.29. The maximum absolute atomic E-state index is 5.57. The van der Waals surface area contributed by atoms with Gasteiger partial charge in [0.25, 0.3) is 0 Å². The van der Waals surface area contributed by atoms with Crippen LogP contribution >= 0.6 is 0 Å². The molecule has 3 N–H and O–H groups in total. The number of hydrogen-bond acceptors (Lipinski definition) is 8. The van der Waals surface area contributed by atoms with Crippen molar-refractivity contribution in [1.82, 2.24) is 30.0 Å². The Morgan fingerprint density at radius 3 is 2.93 bits per heavy atom. The van der Waals surface area contributed by atoms with Crippen molar-refractivity contribution in [2.75, 3.05) is 37.8 Å². The summed E-state index contributed by atoms with van der Waals surface area (Å²) in [6, 6.07) is 8.46. The number of hydrogen-bond donors (Lipinski definition) is 2. The van der Waals surface area contributed by atoms with E-state index in [0.717, 1.165) is 47.4 Å². The van der Waals surface area contributed by atoms with Gasteiger partial charge in [-0.1, -0.05) is 5.10 Å². The van der Waals surface area contributed by atoms with Gasteiger partial charge in [0.05, 0.1) is 0 Å². The number of rotatable bonds is 4. The predicted molar refractivity (Wildman–Crippen MR) is 116 cm³/mol. The number of fused-ring (bicyclic) bond motifs is 1. The molecule has 4 heterocycles. The van der Waals surface area contributed by atoms with Crippen LogP contribution in [0.1, 0.15) is 12.8 Å². The summed E-state index contributed by atoms with van der Waals surface area (Å²) < 4.78 is 5.37. The smallest absolute Gasteiger partial charge is 0.313 e. The molecule has 1 aliphatic heterocycles. The van der Waals surface area contributed by atoms with Gasteiger partial charge < -0.3 is 24.9 Å². The fourth-order valence-electron chi connectivity index (χ4n) is 4.03. The number of nitrogens with one attached hydrogen (secondary N) is 1. The molecular formula is C21H24N8O. The number of nitrogens with zero attached hydrogens (tertiary/aromatic N) is 6. The molecule has 0 saturated carbocycles. The van der Waals surface area contributed by atoms with Gasteiger partial charge in [0.15, 0.2) is 5.82 Å². The zero-order chi connectivity index (χ0) is 20.7. The molecule has 0 aliphatic carbocycles. The normalized spacial score (nSPS) is 17.2. The molecule has 0 bridgehead atoms. The summed E-state index contributed by atoms with van der Waals surface area (Å²) in [7, 11) is 4.28. The number of piperidine rings is 1. The van der Waals surface area contributed by atoms with Crippen LogP contribution in [0.2, 0.25) is 0 Å². The van der Waals surface area contributed by atoms with E-state index in [0.29, 0.717) is 17.8 Å². The van der Waals surface area contributed by atoms with Crippen molar-refractivity contribution >= 4 is 22.7 Å². The predicted octanol–water partition coefficient (Wildman–Crippen LogP) is 2.79. The van der Waals surface area contributed by atoms with Crippen LogP contribution in [0.25, 0.3) is 33.7 Å². The van der Waals surface area contributed by atoms with Gasteiger partial charge >= 0.3 is 6.01 Å². The van der Waals surface area contributed by atoms with Gasteiger partial charge in [0.1, 0.15) is 5.82 Å². The van der Waals surface area contributed by atoms with E-state index in [1.807, 2.05) is 36.7 Å². The molecule has 1 atom stereocenters. The van der Waals surface area contributed by atoms with Crippen molar-refractivity contribution in [3.8, 4) is 22.8 Å². The monoisotopic (exact) mass is 404 g/mol. The number of aromatic amines is 1. The number of likely N-dealkylation sites (N-methyl/N-ethyl adjacent to an activating group) is 1. The number of anilines is 2. The highest BCUT2D eigenvalue weighted by Crippen LogP contribution is 2.31. The minimum atomic E-state index is 0.0491. The summed E-state index contributed by atoms with van der Waals surface area (Å²) >= 11 is 0. The second kappa shape index (κ2) is 7.42. The number of aromatic nitrogens is 5. The third-order valence-corrected chi connectivity index (χ3v) is 5.70. The highest BCUT2D eigenvalue weighted by Gasteiger charge is 2.23. The first-order valence-corrected chi connectivity index (χ1v) is 10.0. The third-order valence-electron chi connectivity index (χ3n) is 5.70. The second-order valence-electron chi connectivity index (χ2n) is 7.85. The number of nitrogens with two attached hydrogens (primary N) is 1. The van der Waals surface area contributed by atoms with E-state index in [1.54, 1.807) is 0 Å². The summed E-state index contributed by atoms with van der Waals surface area (Å²) in [5.74, 6) is 2.04. The average molecular weight is 404 g/mol. The number of benzene rings is 1. The quantitative estimate of drug-likeness (QED) is 0.534. The van der Waals surface area contributed by atoms with E-state index in [-0.39, 0.29) is 6.01 Å². The highest BCUT2D eigenvalue weighted by atomic mass is 16.4. The van der Waals surface area contributed by atoms with E-state index < -0.39 is 0 Å². The van der Waals surface area contributed by atoms with Crippen LogP contribution in [-0.4, -0.2) is 63.3 Å². The van der Waals surface area contributed by atoms with Gasteiger partial charge in [-0.15, -0.1) is 5.10 Å². The van der Waals surface area contributed by atoms with Gasteiger partial charge in [-0.05, 0) is 51.2 Å². The van der Waals surface area contributed by atoms with Crippen LogP contribution in [0.5, 0.6) is 0 Å². The lowest BCUT2D eigenvalue weighted by molar-refractivity contribution is 0.257. The Balaban J connectivity index is 1.50. The summed E-state index contributed by atoms with van der Waals surface area (Å²) in [6.45, 7) is 1.98. The van der Waals surface area contributed by atoms with Crippen LogP contribution in [0.3, 0.4) is 0 Å². The molecule has 9 heteroatoms. The first-order valence-electron chi connectivity index (χ1n) is 10.0. The maximum Gasteiger partial charge on any atom is 0.313 e. The lowest BCUT2D eigenvalue weighted by Gasteiger charge is -2.36. The molecule has 154 valence electrons. The van der Waals surface area contributed by atoms with Gasteiger partial charge in [0, 0.05) is 53.6 Å². The second-order valence-corrected chi connectivity index (χ2v) is 7.85. The maximum atomic E-state index is 5.57. The van der Waals surface area contributed by atoms with Crippen molar-refractivity contribution in [2.45, 2.75) is 18.9 Å². The minimum absolute atomic E-state index is 0.0491. The van der Waals surface area contributed by atoms with Crippen molar-refractivity contribution in [3.63, 3.8) is 0 Å². The van der Waals surface area contributed by atoms with E-state index in [2.05, 4.69) is 44.1 Å². The van der Waals surface area contributed by atoms with Crippen molar-refractivity contribution in [2.24, 2.45) is 0 Å². The zero-order valence-electron chi connectivity index (χ0n) is 17.0. The molecule has 3 aromatic heterocycles. The van der Waals surface area contributed by atoms with Crippen LogP contribution in [0, 0.1) is 0 Å². The summed E-state index contributed by atoms with van der Waals surface area (Å²) in [6.07, 6.45) is 6.14. The van der Waals surface area contributed by atoms with Gasteiger partial charge in [-0.2, -0.15) is 0 Å². The highest BCUT2D eigenvalue weighted by molar-refractivity contribution is 5.96. The van der Waals surface area contributed by atoms with E-state index >= 15 is 0 Å². The van der Waals surface area contributed by atoms with Crippen molar-refractivity contribution in [1.29, 1.82) is 0 Å². The average Bonchev–Trinajstić information content (AvgIpc) is 3.39. The van der Waals surface area contributed by atoms with Gasteiger partial charge in [-0.3, -0.25) is 0 Å². The Labute approximate surface area is 173 Å². The van der Waals surface area contributed by atoms with Crippen molar-refractivity contribution < 1.29 is 4.42 Å². The Bertz CT molecular complexity index is 1180. The molecule has 5 rings (SSSR count). The molecule has 1 unspecified atom stereocenters. The first-order chi connectivity index (χ1) is 14.6. The van der Waals surface area contributed by atoms with E-state index in [4.69, 9.17) is 15.1 Å². The topological polar surface area (TPSA) is 113 Å². The van der Waals surface area contributed by atoms with E-state index in [1.165, 1.54) is 6.42 Å². The molecular weight excluding hydrogens is 380 g/mol. The molecule has 1 aromatic carbocycles. The summed E-state index contributed by atoms with van der Waals surface area (Å²) in [5, 5.41) is 8.72. The van der Waals surface area contributed by atoms with E-state index in [9.17, 15) is 0 Å². The van der Waals surface area contributed by atoms with Crippen LogP contribution in [0.4, 0.5) is 11.8 Å². The van der Waals surface area contributed by atoms with Crippen molar-refractivity contribution in [3.05, 3.63) is 36.7 Å². The van der Waals surface area contributed by atoms with Crippen LogP contribution in [0.15, 0.2) is 41.1 Å². The molecule has 1 saturated heterocycles. The Hall–Kier alpha value is -3.46. The fourth-order valence-corrected chi connectivity index (χ4v) is 4.03. The Morgan fingerprint density at radius 2 is 2.13 bits per heavy atom. The first kappa shape index (κ1) is 18.6. The lowest BCUT2D eigenvalue weighted by atomic mass is 10.0. The molecule has 0 spiro atoms. The molecule has 4 aromatic rings.